The zero-order valence-electron chi connectivity index (χ0n) is 16.5. The average molecular weight is 432 g/mol. The normalized spacial score (nSPS) is 15.2. The Labute approximate surface area is 184 Å². The average Bonchev–Trinajstić information content (AvgIpc) is 3.45. The number of fused-ring (bicyclic) bond motifs is 3. The van der Waals surface area contributed by atoms with Crippen LogP contribution < -0.4 is 5.32 Å². The van der Waals surface area contributed by atoms with Crippen molar-refractivity contribution >= 4 is 34.8 Å². The molecular weight excluding hydrogens is 410 g/mol. The highest BCUT2D eigenvalue weighted by Gasteiger charge is 2.33. The van der Waals surface area contributed by atoms with Crippen molar-refractivity contribution < 1.29 is 4.79 Å². The molecule has 6 heteroatoms. The van der Waals surface area contributed by atoms with Crippen LogP contribution in [0.5, 0.6) is 0 Å². The van der Waals surface area contributed by atoms with Crippen molar-refractivity contribution in [3.63, 3.8) is 0 Å². The van der Waals surface area contributed by atoms with E-state index in [9.17, 15) is 4.79 Å². The number of nitrogens with zero attached hydrogens (tertiary/aromatic N) is 2. The Balaban J connectivity index is 1.59. The standard InChI is InChI=1S/C24H21N3OS2/c1-29-19-9-4-8-18(15-19)25-24(28)27-16-17-7-2-3-10-20(17)26-13-5-11-21(26)23(27)22-12-6-14-30-22/h2-15,23H,16H2,1H3,(H,25,28). The number of aromatic nitrogens is 1. The quantitative estimate of drug-likeness (QED) is 0.381. The second-order valence-corrected chi connectivity index (χ2v) is 9.00. The molecule has 0 spiro atoms. The molecule has 2 amide bonds. The summed E-state index contributed by atoms with van der Waals surface area (Å²) >= 11 is 3.34. The van der Waals surface area contributed by atoms with Crippen molar-refractivity contribution in [3.8, 4) is 5.69 Å². The van der Waals surface area contributed by atoms with Gasteiger partial charge in [0.05, 0.1) is 17.9 Å². The molecule has 4 nitrogen and oxygen atoms in total. The van der Waals surface area contributed by atoms with Gasteiger partial charge in [-0.1, -0.05) is 30.3 Å². The van der Waals surface area contributed by atoms with Crippen molar-refractivity contribution in [1.82, 2.24) is 9.47 Å². The Morgan fingerprint density at radius 1 is 1.07 bits per heavy atom. The number of urea groups is 1. The van der Waals surface area contributed by atoms with Crippen LogP contribution in [0.1, 0.15) is 22.2 Å². The van der Waals surface area contributed by atoms with Gasteiger partial charge in [-0.2, -0.15) is 0 Å². The number of hydrogen-bond donors (Lipinski definition) is 1. The van der Waals surface area contributed by atoms with Gasteiger partial charge in [0.25, 0.3) is 0 Å². The maximum Gasteiger partial charge on any atom is 0.323 e. The molecule has 30 heavy (non-hydrogen) atoms. The van der Waals surface area contributed by atoms with E-state index >= 15 is 0 Å². The Morgan fingerprint density at radius 3 is 2.80 bits per heavy atom. The number of anilines is 1. The van der Waals surface area contributed by atoms with E-state index in [1.54, 1.807) is 23.1 Å². The Kier molecular flexibility index (Phi) is 5.11. The summed E-state index contributed by atoms with van der Waals surface area (Å²) in [5, 5.41) is 5.20. The Hall–Kier alpha value is -2.96. The van der Waals surface area contributed by atoms with Gasteiger partial charge in [0.2, 0.25) is 0 Å². The Morgan fingerprint density at radius 2 is 1.97 bits per heavy atom. The zero-order chi connectivity index (χ0) is 20.5. The van der Waals surface area contributed by atoms with E-state index in [0.29, 0.717) is 6.54 Å². The molecule has 2 aromatic heterocycles. The number of thioether (sulfide) groups is 1. The minimum absolute atomic E-state index is 0.101. The van der Waals surface area contributed by atoms with E-state index < -0.39 is 0 Å². The van der Waals surface area contributed by atoms with E-state index in [1.165, 1.54) is 0 Å². The number of hydrogen-bond acceptors (Lipinski definition) is 3. The summed E-state index contributed by atoms with van der Waals surface area (Å²) in [5.74, 6) is 0. The van der Waals surface area contributed by atoms with E-state index in [-0.39, 0.29) is 12.1 Å². The molecule has 0 radical (unpaired) electrons. The van der Waals surface area contributed by atoms with E-state index in [0.717, 1.165) is 32.4 Å². The molecule has 1 N–H and O–H groups in total. The number of rotatable bonds is 3. The maximum atomic E-state index is 13.6. The molecule has 4 aromatic rings. The summed E-state index contributed by atoms with van der Waals surface area (Å²) in [6.07, 6.45) is 4.12. The SMILES string of the molecule is CSc1cccc(NC(=O)N2Cc3ccccc3-n3cccc3C2c2cccs2)c1. The third kappa shape index (κ3) is 3.42. The Bertz CT molecular complexity index is 1180. The first-order valence-corrected chi connectivity index (χ1v) is 11.9. The van der Waals surface area contributed by atoms with Gasteiger partial charge in [0.15, 0.2) is 0 Å². The van der Waals surface area contributed by atoms with Crippen LogP contribution >= 0.6 is 23.1 Å². The minimum Gasteiger partial charge on any atom is -0.318 e. The first kappa shape index (κ1) is 19.0. The molecule has 1 unspecified atom stereocenters. The molecule has 0 fully saturated rings. The third-order valence-corrected chi connectivity index (χ3v) is 7.01. The summed E-state index contributed by atoms with van der Waals surface area (Å²) in [5.41, 5.74) is 4.15. The van der Waals surface area contributed by atoms with E-state index in [4.69, 9.17) is 0 Å². The van der Waals surface area contributed by atoms with Crippen LogP contribution in [-0.4, -0.2) is 21.8 Å². The van der Waals surface area contributed by atoms with Crippen LogP contribution in [0.15, 0.2) is 89.3 Å². The number of para-hydroxylation sites is 1. The number of amides is 2. The lowest BCUT2D eigenvalue weighted by Crippen LogP contribution is -2.37. The molecule has 3 heterocycles. The first-order valence-electron chi connectivity index (χ1n) is 9.75. The van der Waals surface area contributed by atoms with Gasteiger partial charge in [-0.3, -0.25) is 0 Å². The fraction of sp³-hybridized carbons (Fsp3) is 0.125. The molecule has 2 aromatic carbocycles. The van der Waals surface area contributed by atoms with Crippen LogP contribution in [0.3, 0.4) is 0 Å². The molecule has 1 aliphatic rings. The molecule has 0 bridgehead atoms. The maximum absolute atomic E-state index is 13.6. The van der Waals surface area contributed by atoms with Crippen LogP contribution in [-0.2, 0) is 6.54 Å². The predicted octanol–water partition coefficient (Wildman–Crippen LogP) is 6.40. The number of benzene rings is 2. The molecule has 5 rings (SSSR count). The van der Waals surface area contributed by atoms with Crippen LogP contribution in [0.4, 0.5) is 10.5 Å². The summed E-state index contributed by atoms with van der Waals surface area (Å²) < 4.78 is 2.21. The monoisotopic (exact) mass is 431 g/mol. The van der Waals surface area contributed by atoms with Crippen LogP contribution in [0.25, 0.3) is 5.69 Å². The molecule has 0 saturated heterocycles. The molecule has 1 aliphatic heterocycles. The van der Waals surface area contributed by atoms with Crippen molar-refractivity contribution in [2.75, 3.05) is 11.6 Å². The molecule has 0 saturated carbocycles. The van der Waals surface area contributed by atoms with Gasteiger partial charge in [0.1, 0.15) is 6.04 Å². The van der Waals surface area contributed by atoms with Crippen molar-refractivity contribution in [3.05, 3.63) is 101 Å². The third-order valence-electron chi connectivity index (χ3n) is 5.36. The molecule has 150 valence electrons. The summed E-state index contributed by atoms with van der Waals surface area (Å²) in [6.45, 7) is 0.536. The summed E-state index contributed by atoms with van der Waals surface area (Å²) in [4.78, 5) is 17.8. The zero-order valence-corrected chi connectivity index (χ0v) is 18.1. The fourth-order valence-corrected chi connectivity index (χ4v) is 5.29. The molecule has 1 atom stereocenters. The van der Waals surface area contributed by atoms with Gasteiger partial charge in [-0.25, -0.2) is 4.79 Å². The van der Waals surface area contributed by atoms with E-state index in [1.807, 2.05) is 53.6 Å². The van der Waals surface area contributed by atoms with Gasteiger partial charge in [-0.05, 0) is 59.7 Å². The summed E-state index contributed by atoms with van der Waals surface area (Å²) in [7, 11) is 0. The number of nitrogens with one attached hydrogen (secondary N) is 1. The lowest BCUT2D eigenvalue weighted by Gasteiger charge is -2.30. The smallest absolute Gasteiger partial charge is 0.318 e. The number of carbonyl (C=O) groups is 1. The summed E-state index contributed by atoms with van der Waals surface area (Å²) in [6, 6.07) is 24.3. The van der Waals surface area contributed by atoms with Gasteiger partial charge in [-0.15, -0.1) is 23.1 Å². The van der Waals surface area contributed by atoms with Crippen LogP contribution in [0.2, 0.25) is 0 Å². The van der Waals surface area contributed by atoms with Crippen molar-refractivity contribution in [2.45, 2.75) is 17.5 Å². The predicted molar refractivity (Wildman–Crippen MR) is 125 cm³/mol. The molecular formula is C24H21N3OS2. The highest BCUT2D eigenvalue weighted by molar-refractivity contribution is 7.98. The second-order valence-electron chi connectivity index (χ2n) is 7.14. The second kappa shape index (κ2) is 8.05. The number of carbonyl (C=O) groups excluding carboxylic acids is 1. The van der Waals surface area contributed by atoms with Gasteiger partial charge >= 0.3 is 6.03 Å². The fourth-order valence-electron chi connectivity index (χ4n) is 3.98. The number of thiophene rings is 1. The largest absolute Gasteiger partial charge is 0.323 e. The van der Waals surface area contributed by atoms with Gasteiger partial charge in [0, 0.05) is 21.7 Å². The first-order chi connectivity index (χ1) is 14.7. The lowest BCUT2D eigenvalue weighted by atomic mass is 10.1. The van der Waals surface area contributed by atoms with E-state index in [2.05, 4.69) is 51.8 Å². The van der Waals surface area contributed by atoms with Crippen molar-refractivity contribution in [2.24, 2.45) is 0 Å². The van der Waals surface area contributed by atoms with Crippen molar-refractivity contribution in [1.29, 1.82) is 0 Å². The molecule has 0 aliphatic carbocycles. The topological polar surface area (TPSA) is 37.3 Å². The minimum atomic E-state index is -0.156. The highest BCUT2D eigenvalue weighted by atomic mass is 32.2. The van der Waals surface area contributed by atoms with Crippen LogP contribution in [0, 0.1) is 0 Å². The highest BCUT2D eigenvalue weighted by Crippen LogP contribution is 2.38. The van der Waals surface area contributed by atoms with Gasteiger partial charge < -0.3 is 14.8 Å². The lowest BCUT2D eigenvalue weighted by molar-refractivity contribution is 0.195.